The van der Waals surface area contributed by atoms with Crippen molar-refractivity contribution in [3.05, 3.63) is 53.6 Å². The number of carbonyl (C=O) groups excluding carboxylic acids is 1. The highest BCUT2D eigenvalue weighted by Gasteiger charge is 2.32. The van der Waals surface area contributed by atoms with E-state index in [1.165, 1.54) is 0 Å². The van der Waals surface area contributed by atoms with Crippen LogP contribution >= 0.6 is 0 Å². The summed E-state index contributed by atoms with van der Waals surface area (Å²) in [6.45, 7) is 4.00. The number of hydrogen-bond donors (Lipinski definition) is 3. The quantitative estimate of drug-likeness (QED) is 0.788. The molecule has 0 spiro atoms. The first kappa shape index (κ1) is 17.2. The summed E-state index contributed by atoms with van der Waals surface area (Å²) >= 11 is 0. The highest BCUT2D eigenvalue weighted by atomic mass is 16.5. The molecular formula is C18H22N4O3. The van der Waals surface area contributed by atoms with Gasteiger partial charge in [-0.05, 0) is 19.9 Å². The maximum absolute atomic E-state index is 12.5. The smallest absolute Gasteiger partial charge is 0.315 e. The molecule has 1 aromatic carbocycles. The number of rotatable bonds is 4. The second kappa shape index (κ2) is 7.48. The van der Waals surface area contributed by atoms with Gasteiger partial charge in [0.25, 0.3) is 0 Å². The van der Waals surface area contributed by atoms with Gasteiger partial charge in [-0.3, -0.25) is 9.97 Å². The molecule has 2 heterocycles. The first-order chi connectivity index (χ1) is 12.1. The Labute approximate surface area is 146 Å². The number of nitrogens with one attached hydrogen (secondary N) is 2. The predicted octanol–water partition coefficient (Wildman–Crippen LogP) is 1.89. The van der Waals surface area contributed by atoms with E-state index in [1.54, 1.807) is 12.4 Å². The molecule has 0 saturated carbocycles. The standard InChI is InChI=1S/C18H22N4O3/c1-11-16(20-8-7-19-11)12(2)21-18(24)22-17-13(9-23)10-25-15-6-4-3-5-14(15)17/h3-8,12-13,17,23H,9-10H2,1-2H3,(H2,21,22,24)/t12?,13-,17-/m1/s1. The number of amides is 2. The van der Waals surface area contributed by atoms with Crippen LogP contribution in [0.5, 0.6) is 5.75 Å². The van der Waals surface area contributed by atoms with Crippen LogP contribution < -0.4 is 15.4 Å². The molecule has 2 amide bonds. The second-order valence-electron chi connectivity index (χ2n) is 6.14. The average molecular weight is 342 g/mol. The molecule has 2 aromatic rings. The number of aryl methyl sites for hydroxylation is 1. The van der Waals surface area contributed by atoms with Crippen LogP contribution in [0.4, 0.5) is 4.79 Å². The monoisotopic (exact) mass is 342 g/mol. The molecule has 0 fully saturated rings. The van der Waals surface area contributed by atoms with Crippen LogP contribution in [0.1, 0.15) is 36.0 Å². The molecular weight excluding hydrogens is 320 g/mol. The largest absolute Gasteiger partial charge is 0.493 e. The maximum Gasteiger partial charge on any atom is 0.315 e. The lowest BCUT2D eigenvalue weighted by molar-refractivity contribution is 0.113. The number of para-hydroxylation sites is 1. The van der Waals surface area contributed by atoms with Gasteiger partial charge in [0, 0.05) is 23.9 Å². The lowest BCUT2D eigenvalue weighted by atomic mass is 9.91. The molecule has 7 nitrogen and oxygen atoms in total. The maximum atomic E-state index is 12.5. The van der Waals surface area contributed by atoms with E-state index in [1.807, 2.05) is 38.1 Å². The molecule has 1 aliphatic heterocycles. The van der Waals surface area contributed by atoms with Gasteiger partial charge in [0.15, 0.2) is 0 Å². The minimum Gasteiger partial charge on any atom is -0.493 e. The number of benzene rings is 1. The van der Waals surface area contributed by atoms with Gasteiger partial charge in [0.05, 0.1) is 36.7 Å². The Balaban J connectivity index is 1.72. The fraction of sp³-hybridized carbons (Fsp3) is 0.389. The summed E-state index contributed by atoms with van der Waals surface area (Å²) in [5.74, 6) is 0.532. The van der Waals surface area contributed by atoms with Crippen molar-refractivity contribution in [1.29, 1.82) is 0 Å². The van der Waals surface area contributed by atoms with Crippen LogP contribution in [0, 0.1) is 12.8 Å². The molecule has 3 rings (SSSR count). The van der Waals surface area contributed by atoms with Gasteiger partial charge < -0.3 is 20.5 Å². The van der Waals surface area contributed by atoms with E-state index in [0.29, 0.717) is 6.61 Å². The van der Waals surface area contributed by atoms with E-state index in [2.05, 4.69) is 20.6 Å². The van der Waals surface area contributed by atoms with E-state index in [9.17, 15) is 9.90 Å². The Morgan fingerprint density at radius 2 is 2.12 bits per heavy atom. The lowest BCUT2D eigenvalue weighted by Gasteiger charge is -2.33. The van der Waals surface area contributed by atoms with E-state index in [0.717, 1.165) is 22.7 Å². The minimum atomic E-state index is -0.322. The Kier molecular flexibility index (Phi) is 5.14. The van der Waals surface area contributed by atoms with Gasteiger partial charge in [0.1, 0.15) is 5.75 Å². The number of fused-ring (bicyclic) bond motifs is 1. The van der Waals surface area contributed by atoms with E-state index in [4.69, 9.17) is 4.74 Å². The minimum absolute atomic E-state index is 0.0713. The van der Waals surface area contributed by atoms with Crippen molar-refractivity contribution in [2.45, 2.75) is 25.9 Å². The van der Waals surface area contributed by atoms with Crippen molar-refractivity contribution >= 4 is 6.03 Å². The summed E-state index contributed by atoms with van der Waals surface area (Å²) in [7, 11) is 0. The molecule has 1 aromatic heterocycles. The number of carbonyl (C=O) groups is 1. The van der Waals surface area contributed by atoms with E-state index in [-0.39, 0.29) is 30.6 Å². The van der Waals surface area contributed by atoms with Crippen molar-refractivity contribution in [2.24, 2.45) is 5.92 Å². The molecule has 132 valence electrons. The van der Waals surface area contributed by atoms with Crippen molar-refractivity contribution in [3.8, 4) is 5.75 Å². The van der Waals surface area contributed by atoms with Crippen LogP contribution in [0.3, 0.4) is 0 Å². The number of urea groups is 1. The fourth-order valence-corrected chi connectivity index (χ4v) is 3.06. The summed E-state index contributed by atoms with van der Waals surface area (Å²) in [5.41, 5.74) is 2.37. The Morgan fingerprint density at radius 3 is 2.88 bits per heavy atom. The molecule has 1 unspecified atom stereocenters. The third-order valence-corrected chi connectivity index (χ3v) is 4.38. The Hall–Kier alpha value is -2.67. The van der Waals surface area contributed by atoms with Crippen molar-refractivity contribution in [2.75, 3.05) is 13.2 Å². The number of nitrogens with zero attached hydrogens (tertiary/aromatic N) is 2. The summed E-state index contributed by atoms with van der Waals surface area (Å²) < 4.78 is 5.65. The molecule has 0 bridgehead atoms. The number of aromatic nitrogens is 2. The number of aliphatic hydroxyl groups is 1. The highest BCUT2D eigenvalue weighted by Crippen LogP contribution is 2.35. The van der Waals surface area contributed by atoms with Crippen molar-refractivity contribution < 1.29 is 14.6 Å². The molecule has 1 aliphatic rings. The third kappa shape index (κ3) is 3.71. The second-order valence-corrected chi connectivity index (χ2v) is 6.14. The molecule has 0 aliphatic carbocycles. The molecule has 0 radical (unpaired) electrons. The fourth-order valence-electron chi connectivity index (χ4n) is 3.06. The zero-order valence-electron chi connectivity index (χ0n) is 14.3. The SMILES string of the molecule is Cc1nccnc1C(C)NC(=O)N[C@H]1c2ccccc2OC[C@H]1CO. The molecule has 3 atom stereocenters. The zero-order valence-corrected chi connectivity index (χ0v) is 14.3. The van der Waals surface area contributed by atoms with Gasteiger partial charge in [-0.1, -0.05) is 18.2 Å². The lowest BCUT2D eigenvalue weighted by Crippen LogP contribution is -2.45. The predicted molar refractivity (Wildman–Crippen MR) is 92.1 cm³/mol. The number of ether oxygens (including phenoxy) is 1. The average Bonchev–Trinajstić information content (AvgIpc) is 2.62. The topological polar surface area (TPSA) is 96.4 Å². The molecule has 25 heavy (non-hydrogen) atoms. The first-order valence-corrected chi connectivity index (χ1v) is 8.27. The van der Waals surface area contributed by atoms with E-state index >= 15 is 0 Å². The van der Waals surface area contributed by atoms with Gasteiger partial charge >= 0.3 is 6.03 Å². The summed E-state index contributed by atoms with van der Waals surface area (Å²) in [6, 6.07) is 6.62. The van der Waals surface area contributed by atoms with E-state index < -0.39 is 0 Å². The van der Waals surface area contributed by atoms with Crippen LogP contribution in [0.2, 0.25) is 0 Å². The third-order valence-electron chi connectivity index (χ3n) is 4.38. The van der Waals surface area contributed by atoms with Crippen LogP contribution in [0.15, 0.2) is 36.7 Å². The van der Waals surface area contributed by atoms with Gasteiger partial charge in [-0.15, -0.1) is 0 Å². The Morgan fingerprint density at radius 1 is 1.36 bits per heavy atom. The summed E-state index contributed by atoms with van der Waals surface area (Å²) in [4.78, 5) is 21.0. The van der Waals surface area contributed by atoms with Gasteiger partial charge in [-0.25, -0.2) is 4.79 Å². The highest BCUT2D eigenvalue weighted by molar-refractivity contribution is 5.75. The van der Waals surface area contributed by atoms with Crippen molar-refractivity contribution in [1.82, 2.24) is 20.6 Å². The van der Waals surface area contributed by atoms with Crippen LogP contribution in [0.25, 0.3) is 0 Å². The molecule has 0 saturated heterocycles. The first-order valence-electron chi connectivity index (χ1n) is 8.27. The number of hydrogen-bond acceptors (Lipinski definition) is 5. The summed E-state index contributed by atoms with van der Waals surface area (Å²) in [6.07, 6.45) is 3.23. The van der Waals surface area contributed by atoms with Crippen molar-refractivity contribution in [3.63, 3.8) is 0 Å². The Bertz CT molecular complexity index is 753. The van der Waals surface area contributed by atoms with Crippen LogP contribution in [-0.4, -0.2) is 34.3 Å². The normalized spacial score (nSPS) is 20.1. The van der Waals surface area contributed by atoms with Gasteiger partial charge in [-0.2, -0.15) is 0 Å². The zero-order chi connectivity index (χ0) is 17.8. The summed E-state index contributed by atoms with van der Waals surface area (Å²) in [5, 5.41) is 15.5. The number of aliphatic hydroxyl groups excluding tert-OH is 1. The van der Waals surface area contributed by atoms with Gasteiger partial charge in [0.2, 0.25) is 0 Å². The van der Waals surface area contributed by atoms with Crippen LogP contribution in [-0.2, 0) is 0 Å². The molecule has 7 heteroatoms. The molecule has 3 N–H and O–H groups in total.